The molecule has 0 atom stereocenters. The van der Waals surface area contributed by atoms with Crippen molar-refractivity contribution in [3.8, 4) is 0 Å². The van der Waals surface area contributed by atoms with Crippen molar-refractivity contribution in [1.29, 1.82) is 0 Å². The van der Waals surface area contributed by atoms with E-state index in [1.165, 1.54) is 12.1 Å². The number of hydrogen-bond acceptors (Lipinski definition) is 1. The van der Waals surface area contributed by atoms with Crippen molar-refractivity contribution < 1.29 is 9.18 Å². The smallest absolute Gasteiger partial charge is 0.139 e. The second kappa shape index (κ2) is 3.70. The van der Waals surface area contributed by atoms with Gasteiger partial charge in [0.1, 0.15) is 12.1 Å². The van der Waals surface area contributed by atoms with Crippen LogP contribution in [0.25, 0.3) is 21.8 Å². The summed E-state index contributed by atoms with van der Waals surface area (Å²) in [4.78, 5) is 10.7. The summed E-state index contributed by atoms with van der Waals surface area (Å²) in [6, 6.07) is 12.5. The Kier molecular flexibility index (Phi) is 2.18. The van der Waals surface area contributed by atoms with E-state index in [9.17, 15) is 9.18 Å². The average molecular weight is 227 g/mol. The van der Waals surface area contributed by atoms with Crippen LogP contribution in [-0.4, -0.2) is 10.9 Å². The number of aldehydes is 1. The zero-order valence-corrected chi connectivity index (χ0v) is 9.06. The maximum Gasteiger partial charge on any atom is 0.139 e. The van der Waals surface area contributed by atoms with Crippen molar-refractivity contribution in [1.82, 2.24) is 4.57 Å². The SMILES string of the molecule is O=CCn1c2ccccc2c2ccc(F)cc21. The van der Waals surface area contributed by atoms with E-state index in [0.717, 1.165) is 28.1 Å². The van der Waals surface area contributed by atoms with Gasteiger partial charge in [0.2, 0.25) is 0 Å². The molecule has 3 rings (SSSR count). The normalized spacial score (nSPS) is 11.1. The molecule has 1 aromatic heterocycles. The first kappa shape index (κ1) is 10.0. The second-order valence-electron chi connectivity index (χ2n) is 3.96. The third-order valence-corrected chi connectivity index (χ3v) is 2.99. The van der Waals surface area contributed by atoms with Crippen LogP contribution in [0.2, 0.25) is 0 Å². The zero-order chi connectivity index (χ0) is 11.8. The van der Waals surface area contributed by atoms with Gasteiger partial charge >= 0.3 is 0 Å². The lowest BCUT2D eigenvalue weighted by molar-refractivity contribution is -0.108. The number of benzene rings is 2. The van der Waals surface area contributed by atoms with Crippen LogP contribution in [0.3, 0.4) is 0 Å². The Morgan fingerprint density at radius 2 is 1.82 bits per heavy atom. The molecular formula is C14H10FNO. The van der Waals surface area contributed by atoms with Crippen molar-refractivity contribution in [3.05, 3.63) is 48.3 Å². The summed E-state index contributed by atoms with van der Waals surface area (Å²) in [5.41, 5.74) is 1.72. The zero-order valence-electron chi connectivity index (χ0n) is 9.06. The van der Waals surface area contributed by atoms with E-state index in [1.807, 2.05) is 28.8 Å². The molecule has 0 radical (unpaired) electrons. The lowest BCUT2D eigenvalue weighted by atomic mass is 10.1. The molecular weight excluding hydrogens is 217 g/mol. The number of carbonyl (C=O) groups excluding carboxylic acids is 1. The number of para-hydroxylation sites is 1. The summed E-state index contributed by atoms with van der Waals surface area (Å²) in [5.74, 6) is -0.285. The van der Waals surface area contributed by atoms with E-state index < -0.39 is 0 Å². The quantitative estimate of drug-likeness (QED) is 0.616. The second-order valence-corrected chi connectivity index (χ2v) is 3.96. The van der Waals surface area contributed by atoms with Crippen LogP contribution in [-0.2, 0) is 11.3 Å². The summed E-state index contributed by atoms with van der Waals surface area (Å²) in [5, 5.41) is 2.02. The monoisotopic (exact) mass is 227 g/mol. The van der Waals surface area contributed by atoms with Gasteiger partial charge in [-0.2, -0.15) is 0 Å². The van der Waals surface area contributed by atoms with Crippen LogP contribution in [0, 0.1) is 5.82 Å². The predicted octanol–water partition coefficient (Wildman–Crippen LogP) is 3.13. The summed E-state index contributed by atoms with van der Waals surface area (Å²) >= 11 is 0. The molecule has 0 bridgehead atoms. The van der Waals surface area contributed by atoms with E-state index in [1.54, 1.807) is 6.07 Å². The Hall–Kier alpha value is -2.16. The Balaban J connectivity index is 2.52. The highest BCUT2D eigenvalue weighted by molar-refractivity contribution is 6.08. The van der Waals surface area contributed by atoms with Crippen LogP contribution in [0.15, 0.2) is 42.5 Å². The van der Waals surface area contributed by atoms with Gasteiger partial charge in [0, 0.05) is 16.3 Å². The van der Waals surface area contributed by atoms with E-state index in [4.69, 9.17) is 0 Å². The Bertz CT molecular complexity index is 715. The molecule has 84 valence electrons. The molecule has 0 aliphatic carbocycles. The molecule has 1 heterocycles. The van der Waals surface area contributed by atoms with Crippen molar-refractivity contribution in [2.45, 2.75) is 6.54 Å². The molecule has 0 amide bonds. The average Bonchev–Trinajstić information content (AvgIpc) is 2.65. The number of fused-ring (bicyclic) bond motifs is 3. The minimum atomic E-state index is -0.285. The van der Waals surface area contributed by atoms with Gasteiger partial charge in [-0.05, 0) is 24.3 Å². The number of nitrogens with zero attached hydrogens (tertiary/aromatic N) is 1. The molecule has 0 saturated carbocycles. The first-order valence-corrected chi connectivity index (χ1v) is 5.41. The highest BCUT2D eigenvalue weighted by Crippen LogP contribution is 2.28. The molecule has 0 spiro atoms. The Morgan fingerprint density at radius 1 is 1.06 bits per heavy atom. The molecule has 3 heteroatoms. The summed E-state index contributed by atoms with van der Waals surface area (Å²) in [7, 11) is 0. The fourth-order valence-electron chi connectivity index (χ4n) is 2.29. The van der Waals surface area contributed by atoms with Crippen molar-refractivity contribution in [2.75, 3.05) is 0 Å². The minimum absolute atomic E-state index is 0.244. The van der Waals surface area contributed by atoms with Gasteiger partial charge in [-0.15, -0.1) is 0 Å². The molecule has 0 aliphatic heterocycles. The predicted molar refractivity (Wildman–Crippen MR) is 65.5 cm³/mol. The van der Waals surface area contributed by atoms with Crippen LogP contribution in [0.4, 0.5) is 4.39 Å². The third kappa shape index (κ3) is 1.43. The number of rotatable bonds is 2. The van der Waals surface area contributed by atoms with E-state index in [0.29, 0.717) is 0 Å². The highest BCUT2D eigenvalue weighted by atomic mass is 19.1. The van der Waals surface area contributed by atoms with Gasteiger partial charge in [0.25, 0.3) is 0 Å². The molecule has 2 nitrogen and oxygen atoms in total. The van der Waals surface area contributed by atoms with Crippen LogP contribution in [0.5, 0.6) is 0 Å². The summed E-state index contributed by atoms with van der Waals surface area (Å²) < 4.78 is 15.1. The van der Waals surface area contributed by atoms with Crippen molar-refractivity contribution in [2.24, 2.45) is 0 Å². The lowest BCUT2D eigenvalue weighted by Gasteiger charge is -2.01. The maximum absolute atomic E-state index is 13.3. The number of halogens is 1. The fraction of sp³-hybridized carbons (Fsp3) is 0.0714. The Labute approximate surface area is 97.3 Å². The molecule has 0 saturated heterocycles. The van der Waals surface area contributed by atoms with Crippen LogP contribution < -0.4 is 0 Å². The number of hydrogen-bond donors (Lipinski definition) is 0. The first-order chi connectivity index (χ1) is 8.31. The molecule has 0 aliphatic rings. The highest BCUT2D eigenvalue weighted by Gasteiger charge is 2.09. The van der Waals surface area contributed by atoms with Gasteiger partial charge in [-0.1, -0.05) is 18.2 Å². The van der Waals surface area contributed by atoms with Crippen molar-refractivity contribution >= 4 is 28.1 Å². The molecule has 17 heavy (non-hydrogen) atoms. The largest absolute Gasteiger partial charge is 0.333 e. The van der Waals surface area contributed by atoms with E-state index in [-0.39, 0.29) is 12.4 Å². The minimum Gasteiger partial charge on any atom is -0.333 e. The fourth-order valence-corrected chi connectivity index (χ4v) is 2.29. The van der Waals surface area contributed by atoms with Crippen LogP contribution in [0.1, 0.15) is 0 Å². The lowest BCUT2D eigenvalue weighted by Crippen LogP contribution is -1.98. The number of aromatic nitrogens is 1. The van der Waals surface area contributed by atoms with Crippen molar-refractivity contribution in [3.63, 3.8) is 0 Å². The molecule has 2 aromatic carbocycles. The maximum atomic E-state index is 13.3. The van der Waals surface area contributed by atoms with Gasteiger partial charge in [0.15, 0.2) is 0 Å². The number of carbonyl (C=O) groups is 1. The first-order valence-electron chi connectivity index (χ1n) is 5.41. The molecule has 0 unspecified atom stereocenters. The van der Waals surface area contributed by atoms with E-state index in [2.05, 4.69) is 0 Å². The Morgan fingerprint density at radius 3 is 2.65 bits per heavy atom. The van der Waals surface area contributed by atoms with Gasteiger partial charge in [0.05, 0.1) is 12.1 Å². The van der Waals surface area contributed by atoms with Gasteiger partial charge in [-0.25, -0.2) is 4.39 Å². The van der Waals surface area contributed by atoms with Gasteiger partial charge in [-0.3, -0.25) is 0 Å². The molecule has 0 fully saturated rings. The van der Waals surface area contributed by atoms with E-state index >= 15 is 0 Å². The molecule has 3 aromatic rings. The topological polar surface area (TPSA) is 22.0 Å². The summed E-state index contributed by atoms with van der Waals surface area (Å²) in [6.07, 6.45) is 0.830. The van der Waals surface area contributed by atoms with Crippen LogP contribution >= 0.6 is 0 Å². The standard InChI is InChI=1S/C14H10FNO/c15-10-5-6-12-11-3-1-2-4-13(11)16(7-8-17)14(12)9-10/h1-6,8-9H,7H2. The summed E-state index contributed by atoms with van der Waals surface area (Å²) in [6.45, 7) is 0.244. The molecule has 0 N–H and O–H groups in total. The third-order valence-electron chi connectivity index (χ3n) is 2.99. The van der Waals surface area contributed by atoms with Gasteiger partial charge < -0.3 is 9.36 Å².